The SMILES string of the molecule is C=CCN(CC=C)c1ncncn1. The van der Waals surface area contributed by atoms with Gasteiger partial charge in [0.1, 0.15) is 12.7 Å². The van der Waals surface area contributed by atoms with Crippen LogP contribution in [0.5, 0.6) is 0 Å². The molecule has 0 atom stereocenters. The third-order valence-electron chi connectivity index (χ3n) is 1.46. The van der Waals surface area contributed by atoms with Crippen molar-refractivity contribution in [2.75, 3.05) is 18.0 Å². The molecule has 0 saturated carbocycles. The van der Waals surface area contributed by atoms with E-state index in [1.165, 1.54) is 12.7 Å². The number of anilines is 1. The zero-order valence-electron chi connectivity index (χ0n) is 7.43. The number of hydrogen-bond acceptors (Lipinski definition) is 4. The maximum Gasteiger partial charge on any atom is 0.228 e. The first kappa shape index (κ1) is 9.38. The van der Waals surface area contributed by atoms with Crippen LogP contribution in [0.2, 0.25) is 0 Å². The number of nitrogens with zero attached hydrogens (tertiary/aromatic N) is 4. The smallest absolute Gasteiger partial charge is 0.228 e. The molecule has 0 aliphatic rings. The minimum atomic E-state index is 0.648. The van der Waals surface area contributed by atoms with Gasteiger partial charge in [0.2, 0.25) is 5.95 Å². The Kier molecular flexibility index (Phi) is 3.63. The van der Waals surface area contributed by atoms with Crippen LogP contribution in [0.1, 0.15) is 0 Å². The predicted molar refractivity (Wildman–Crippen MR) is 52.4 cm³/mol. The molecule has 0 aromatic carbocycles. The Balaban J connectivity index is 2.75. The fourth-order valence-corrected chi connectivity index (χ4v) is 0.946. The van der Waals surface area contributed by atoms with Crippen LogP contribution in [0.4, 0.5) is 5.95 Å². The Hall–Kier alpha value is -1.71. The van der Waals surface area contributed by atoms with Crippen LogP contribution in [0.15, 0.2) is 38.0 Å². The molecule has 1 heterocycles. The van der Waals surface area contributed by atoms with Gasteiger partial charge in [-0.1, -0.05) is 12.2 Å². The van der Waals surface area contributed by atoms with Gasteiger partial charge < -0.3 is 4.90 Å². The molecule has 4 heteroatoms. The maximum absolute atomic E-state index is 4.02. The minimum absolute atomic E-state index is 0.648. The maximum atomic E-state index is 4.02. The van der Waals surface area contributed by atoms with Crippen LogP contribution < -0.4 is 4.90 Å². The van der Waals surface area contributed by atoms with Gasteiger partial charge in [0.15, 0.2) is 0 Å². The van der Waals surface area contributed by atoms with Crippen molar-refractivity contribution in [1.82, 2.24) is 15.0 Å². The van der Waals surface area contributed by atoms with Gasteiger partial charge in [-0.15, -0.1) is 13.2 Å². The fourth-order valence-electron chi connectivity index (χ4n) is 0.946. The third kappa shape index (κ3) is 2.66. The molecular formula is C9H12N4. The summed E-state index contributed by atoms with van der Waals surface area (Å²) < 4.78 is 0. The first-order chi connectivity index (χ1) is 6.38. The van der Waals surface area contributed by atoms with Gasteiger partial charge in [0.25, 0.3) is 0 Å². The van der Waals surface area contributed by atoms with E-state index in [-0.39, 0.29) is 0 Å². The molecular weight excluding hydrogens is 164 g/mol. The van der Waals surface area contributed by atoms with Crippen LogP contribution in [0, 0.1) is 0 Å². The second-order valence-electron chi connectivity index (χ2n) is 2.42. The van der Waals surface area contributed by atoms with E-state index in [9.17, 15) is 0 Å². The Morgan fingerprint density at radius 1 is 1.15 bits per heavy atom. The monoisotopic (exact) mass is 176 g/mol. The highest BCUT2D eigenvalue weighted by Crippen LogP contribution is 2.02. The quantitative estimate of drug-likeness (QED) is 0.629. The topological polar surface area (TPSA) is 41.9 Å². The molecule has 4 nitrogen and oxygen atoms in total. The first-order valence-electron chi connectivity index (χ1n) is 3.97. The Morgan fingerprint density at radius 3 is 2.15 bits per heavy atom. The van der Waals surface area contributed by atoms with Gasteiger partial charge >= 0.3 is 0 Å². The normalized spacial score (nSPS) is 9.23. The van der Waals surface area contributed by atoms with E-state index in [4.69, 9.17) is 0 Å². The van der Waals surface area contributed by atoms with Crippen molar-refractivity contribution in [3.8, 4) is 0 Å². The first-order valence-corrected chi connectivity index (χ1v) is 3.97. The molecule has 0 amide bonds. The van der Waals surface area contributed by atoms with E-state index >= 15 is 0 Å². The highest BCUT2D eigenvalue weighted by atomic mass is 15.3. The minimum Gasteiger partial charge on any atom is -0.333 e. The summed E-state index contributed by atoms with van der Waals surface area (Å²) in [6.45, 7) is 8.73. The van der Waals surface area contributed by atoms with E-state index in [1.807, 2.05) is 4.90 Å². The summed E-state index contributed by atoms with van der Waals surface area (Å²) in [5.41, 5.74) is 0. The third-order valence-corrected chi connectivity index (χ3v) is 1.46. The highest BCUT2D eigenvalue weighted by molar-refractivity contribution is 5.29. The van der Waals surface area contributed by atoms with Crippen LogP contribution in [0.3, 0.4) is 0 Å². The average Bonchev–Trinajstić information content (AvgIpc) is 2.19. The molecule has 0 unspecified atom stereocenters. The zero-order valence-corrected chi connectivity index (χ0v) is 7.43. The second-order valence-corrected chi connectivity index (χ2v) is 2.42. The van der Waals surface area contributed by atoms with Gasteiger partial charge in [0, 0.05) is 13.1 Å². The molecule has 0 aliphatic carbocycles. The predicted octanol–water partition coefficient (Wildman–Crippen LogP) is 1.05. The number of hydrogen-bond donors (Lipinski definition) is 0. The summed E-state index contributed by atoms with van der Waals surface area (Å²) in [6, 6.07) is 0. The zero-order chi connectivity index (χ0) is 9.52. The molecule has 13 heavy (non-hydrogen) atoms. The average molecular weight is 176 g/mol. The van der Waals surface area contributed by atoms with Crippen molar-refractivity contribution in [3.05, 3.63) is 38.0 Å². The molecule has 0 fully saturated rings. The van der Waals surface area contributed by atoms with Crippen molar-refractivity contribution in [2.24, 2.45) is 0 Å². The lowest BCUT2D eigenvalue weighted by Crippen LogP contribution is -2.25. The molecule has 0 N–H and O–H groups in total. The molecule has 0 bridgehead atoms. The lowest BCUT2D eigenvalue weighted by molar-refractivity contribution is 0.871. The van der Waals surface area contributed by atoms with Crippen molar-refractivity contribution in [2.45, 2.75) is 0 Å². The van der Waals surface area contributed by atoms with Crippen LogP contribution in [0.25, 0.3) is 0 Å². The molecule has 0 spiro atoms. The van der Waals surface area contributed by atoms with Crippen molar-refractivity contribution < 1.29 is 0 Å². The lowest BCUT2D eigenvalue weighted by Gasteiger charge is -2.17. The number of rotatable bonds is 5. The van der Waals surface area contributed by atoms with Crippen molar-refractivity contribution in [3.63, 3.8) is 0 Å². The molecule has 1 aromatic rings. The van der Waals surface area contributed by atoms with Gasteiger partial charge in [-0.25, -0.2) is 15.0 Å². The van der Waals surface area contributed by atoms with Crippen LogP contribution in [-0.4, -0.2) is 28.0 Å². The molecule has 0 radical (unpaired) electrons. The van der Waals surface area contributed by atoms with Gasteiger partial charge in [-0.2, -0.15) is 0 Å². The Morgan fingerprint density at radius 2 is 1.69 bits per heavy atom. The molecule has 1 aromatic heterocycles. The van der Waals surface area contributed by atoms with Crippen molar-refractivity contribution >= 4 is 5.95 Å². The van der Waals surface area contributed by atoms with Gasteiger partial charge in [-0.3, -0.25) is 0 Å². The molecule has 0 saturated heterocycles. The molecule has 1 rings (SSSR count). The van der Waals surface area contributed by atoms with E-state index in [0.717, 1.165) is 0 Å². The Bertz CT molecular complexity index is 260. The summed E-state index contributed by atoms with van der Waals surface area (Å²) in [6.07, 6.45) is 6.55. The standard InChI is InChI=1S/C9H12N4/c1-3-5-13(6-4-2)9-11-7-10-8-12-9/h3-4,7-8H,1-2,5-6H2. The summed E-state index contributed by atoms with van der Waals surface area (Å²) in [5, 5.41) is 0. The Labute approximate surface area is 77.7 Å². The van der Waals surface area contributed by atoms with E-state index < -0.39 is 0 Å². The number of aromatic nitrogens is 3. The fraction of sp³-hybridized carbons (Fsp3) is 0.222. The van der Waals surface area contributed by atoms with Crippen LogP contribution in [-0.2, 0) is 0 Å². The second kappa shape index (κ2) is 5.03. The van der Waals surface area contributed by atoms with Gasteiger partial charge in [-0.05, 0) is 0 Å². The molecule has 68 valence electrons. The van der Waals surface area contributed by atoms with E-state index in [1.54, 1.807) is 12.2 Å². The molecule has 0 aliphatic heterocycles. The van der Waals surface area contributed by atoms with Crippen molar-refractivity contribution in [1.29, 1.82) is 0 Å². The largest absolute Gasteiger partial charge is 0.333 e. The van der Waals surface area contributed by atoms with E-state index in [0.29, 0.717) is 19.0 Å². The van der Waals surface area contributed by atoms with Gasteiger partial charge in [0.05, 0.1) is 0 Å². The summed E-state index contributed by atoms with van der Waals surface area (Å²) in [7, 11) is 0. The van der Waals surface area contributed by atoms with E-state index in [2.05, 4.69) is 28.1 Å². The summed E-state index contributed by atoms with van der Waals surface area (Å²) in [4.78, 5) is 13.7. The summed E-state index contributed by atoms with van der Waals surface area (Å²) in [5.74, 6) is 0.648. The van der Waals surface area contributed by atoms with Crippen LogP contribution >= 0.6 is 0 Å². The highest BCUT2D eigenvalue weighted by Gasteiger charge is 2.03. The lowest BCUT2D eigenvalue weighted by atomic mass is 10.5. The summed E-state index contributed by atoms with van der Waals surface area (Å²) >= 11 is 0.